The Hall–Kier alpha value is -2.71. The van der Waals surface area contributed by atoms with E-state index in [2.05, 4.69) is 4.74 Å². The number of hydrogen-bond acceptors (Lipinski definition) is 6. The molecule has 3 rings (SSSR count). The molecule has 154 valence electrons. The third-order valence-electron chi connectivity index (χ3n) is 4.90. The van der Waals surface area contributed by atoms with Gasteiger partial charge in [-0.05, 0) is 42.7 Å². The van der Waals surface area contributed by atoms with Crippen molar-refractivity contribution in [3.8, 4) is 0 Å². The van der Waals surface area contributed by atoms with Gasteiger partial charge in [-0.15, -0.1) is 0 Å². The number of sulfonamides is 1. The lowest BCUT2D eigenvalue weighted by Gasteiger charge is -2.30. The first-order valence-electron chi connectivity index (χ1n) is 9.31. The van der Waals surface area contributed by atoms with Crippen molar-refractivity contribution in [2.75, 3.05) is 20.2 Å². The van der Waals surface area contributed by atoms with Crippen LogP contribution in [0.1, 0.15) is 28.8 Å². The Balaban J connectivity index is 1.54. The van der Waals surface area contributed by atoms with Gasteiger partial charge in [0, 0.05) is 13.1 Å². The minimum Gasteiger partial charge on any atom is -0.465 e. The van der Waals surface area contributed by atoms with E-state index in [-0.39, 0.29) is 36.5 Å². The number of hydrogen-bond donors (Lipinski definition) is 0. The van der Waals surface area contributed by atoms with Gasteiger partial charge >= 0.3 is 11.9 Å². The van der Waals surface area contributed by atoms with Gasteiger partial charge in [-0.3, -0.25) is 4.79 Å². The maximum atomic E-state index is 12.7. The van der Waals surface area contributed by atoms with Crippen molar-refractivity contribution in [3.05, 3.63) is 65.7 Å². The van der Waals surface area contributed by atoms with E-state index in [4.69, 9.17) is 4.74 Å². The Bertz CT molecular complexity index is 966. The van der Waals surface area contributed by atoms with Crippen LogP contribution in [0, 0.1) is 5.92 Å². The summed E-state index contributed by atoms with van der Waals surface area (Å²) in [6.07, 6.45) is 0.820. The van der Waals surface area contributed by atoms with Crippen molar-refractivity contribution < 1.29 is 27.5 Å². The van der Waals surface area contributed by atoms with Crippen LogP contribution in [0.4, 0.5) is 0 Å². The smallest absolute Gasteiger partial charge is 0.337 e. The lowest BCUT2D eigenvalue weighted by molar-refractivity contribution is -0.151. The second-order valence-corrected chi connectivity index (χ2v) is 8.73. The number of methoxy groups -OCH3 is 1. The summed E-state index contributed by atoms with van der Waals surface area (Å²) in [5.41, 5.74) is 1.07. The lowest BCUT2D eigenvalue weighted by atomic mass is 9.98. The Kier molecular flexibility index (Phi) is 6.66. The molecule has 1 saturated heterocycles. The number of piperidine rings is 1. The second-order valence-electron chi connectivity index (χ2n) is 6.79. The van der Waals surface area contributed by atoms with Crippen molar-refractivity contribution in [3.63, 3.8) is 0 Å². The molecule has 1 heterocycles. The molecule has 29 heavy (non-hydrogen) atoms. The van der Waals surface area contributed by atoms with Gasteiger partial charge < -0.3 is 9.47 Å². The zero-order chi connectivity index (χ0) is 20.9. The minimum absolute atomic E-state index is 0.0478. The summed E-state index contributed by atoms with van der Waals surface area (Å²) in [4.78, 5) is 24.2. The molecule has 2 aromatic carbocycles. The van der Waals surface area contributed by atoms with Crippen LogP contribution >= 0.6 is 0 Å². The van der Waals surface area contributed by atoms with Crippen molar-refractivity contribution in [2.45, 2.75) is 24.3 Å². The number of rotatable bonds is 6. The standard InChI is InChI=1S/C21H23NO6S/c1-27-20(23)18-7-5-6-16(14-18)15-28-21(24)17-10-12-22(13-11-17)29(25,26)19-8-3-2-4-9-19/h2-9,14,17H,10-13,15H2,1H3. The molecule has 8 heteroatoms. The zero-order valence-corrected chi connectivity index (χ0v) is 16.9. The molecule has 0 aliphatic carbocycles. The quantitative estimate of drug-likeness (QED) is 0.671. The van der Waals surface area contributed by atoms with Gasteiger partial charge in [-0.2, -0.15) is 4.31 Å². The number of ether oxygens (including phenoxy) is 2. The van der Waals surface area contributed by atoms with Crippen LogP contribution in [-0.2, 0) is 30.9 Å². The predicted octanol–water partition coefficient (Wildman–Crippen LogP) is 2.62. The van der Waals surface area contributed by atoms with Gasteiger partial charge in [-0.1, -0.05) is 30.3 Å². The SMILES string of the molecule is COC(=O)c1cccc(COC(=O)C2CCN(S(=O)(=O)c3ccccc3)CC2)c1. The van der Waals surface area contributed by atoms with Crippen LogP contribution in [0.3, 0.4) is 0 Å². The molecule has 0 N–H and O–H groups in total. The fourth-order valence-electron chi connectivity index (χ4n) is 3.25. The van der Waals surface area contributed by atoms with Gasteiger partial charge in [0.05, 0.1) is 23.5 Å². The van der Waals surface area contributed by atoms with E-state index in [1.165, 1.54) is 11.4 Å². The van der Waals surface area contributed by atoms with E-state index >= 15 is 0 Å². The number of esters is 2. The summed E-state index contributed by atoms with van der Waals surface area (Å²) in [5.74, 6) is -1.16. The molecule has 0 unspecified atom stereocenters. The molecule has 2 aromatic rings. The Morgan fingerprint density at radius 3 is 2.38 bits per heavy atom. The first-order chi connectivity index (χ1) is 13.9. The summed E-state index contributed by atoms with van der Waals surface area (Å²) >= 11 is 0. The molecule has 0 atom stereocenters. The summed E-state index contributed by atoms with van der Waals surface area (Å²) in [6, 6.07) is 15.0. The van der Waals surface area contributed by atoms with Gasteiger partial charge in [0.15, 0.2) is 0 Å². The van der Waals surface area contributed by atoms with Gasteiger partial charge in [-0.25, -0.2) is 13.2 Å². The molecule has 0 spiro atoms. The maximum Gasteiger partial charge on any atom is 0.337 e. The van der Waals surface area contributed by atoms with E-state index in [9.17, 15) is 18.0 Å². The average Bonchev–Trinajstić information content (AvgIpc) is 2.77. The molecule has 7 nitrogen and oxygen atoms in total. The molecular weight excluding hydrogens is 394 g/mol. The molecule has 0 aromatic heterocycles. The topological polar surface area (TPSA) is 90.0 Å². The monoisotopic (exact) mass is 417 g/mol. The van der Waals surface area contributed by atoms with Crippen LogP contribution in [0.2, 0.25) is 0 Å². The fraction of sp³-hybridized carbons (Fsp3) is 0.333. The van der Waals surface area contributed by atoms with Crippen molar-refractivity contribution in [2.24, 2.45) is 5.92 Å². The summed E-state index contributed by atoms with van der Waals surface area (Å²) in [6.45, 7) is 0.593. The summed E-state index contributed by atoms with van der Waals surface area (Å²) in [5, 5.41) is 0. The zero-order valence-electron chi connectivity index (χ0n) is 16.1. The highest BCUT2D eigenvalue weighted by Crippen LogP contribution is 2.25. The van der Waals surface area contributed by atoms with E-state index in [0.29, 0.717) is 24.0 Å². The summed E-state index contributed by atoms with van der Waals surface area (Å²) in [7, 11) is -2.24. The second kappa shape index (κ2) is 9.19. The molecule has 0 bridgehead atoms. The molecule has 0 amide bonds. The van der Waals surface area contributed by atoms with Gasteiger partial charge in [0.2, 0.25) is 10.0 Å². The largest absolute Gasteiger partial charge is 0.465 e. The number of carbonyl (C=O) groups excluding carboxylic acids is 2. The molecular formula is C21H23NO6S. The first-order valence-corrected chi connectivity index (χ1v) is 10.7. The van der Waals surface area contributed by atoms with Crippen LogP contribution in [0.25, 0.3) is 0 Å². The number of carbonyl (C=O) groups is 2. The average molecular weight is 417 g/mol. The third-order valence-corrected chi connectivity index (χ3v) is 6.81. The molecule has 1 aliphatic rings. The van der Waals surface area contributed by atoms with E-state index in [1.807, 2.05) is 0 Å². The Morgan fingerprint density at radius 2 is 1.72 bits per heavy atom. The van der Waals surface area contributed by atoms with E-state index in [0.717, 1.165) is 0 Å². The van der Waals surface area contributed by atoms with Crippen LogP contribution in [-0.4, -0.2) is 44.9 Å². The third kappa shape index (κ3) is 5.02. The van der Waals surface area contributed by atoms with Crippen LogP contribution in [0.5, 0.6) is 0 Å². The highest BCUT2D eigenvalue weighted by molar-refractivity contribution is 7.89. The fourth-order valence-corrected chi connectivity index (χ4v) is 4.74. The molecule has 1 fully saturated rings. The normalized spacial score (nSPS) is 15.6. The summed E-state index contributed by atoms with van der Waals surface area (Å²) < 4.78 is 36.8. The number of benzene rings is 2. The molecule has 0 saturated carbocycles. The predicted molar refractivity (Wildman–Crippen MR) is 106 cm³/mol. The first kappa shape index (κ1) is 21.0. The van der Waals surface area contributed by atoms with Crippen LogP contribution < -0.4 is 0 Å². The molecule has 1 aliphatic heterocycles. The lowest BCUT2D eigenvalue weighted by Crippen LogP contribution is -2.40. The highest BCUT2D eigenvalue weighted by atomic mass is 32.2. The van der Waals surface area contributed by atoms with Crippen molar-refractivity contribution >= 4 is 22.0 Å². The minimum atomic E-state index is -3.54. The van der Waals surface area contributed by atoms with Crippen molar-refractivity contribution in [1.29, 1.82) is 0 Å². The maximum absolute atomic E-state index is 12.7. The van der Waals surface area contributed by atoms with E-state index < -0.39 is 16.0 Å². The van der Waals surface area contributed by atoms with Crippen molar-refractivity contribution in [1.82, 2.24) is 4.31 Å². The Labute approximate surface area is 170 Å². The number of nitrogens with zero attached hydrogens (tertiary/aromatic N) is 1. The van der Waals surface area contributed by atoms with Gasteiger partial charge in [0.25, 0.3) is 0 Å². The highest BCUT2D eigenvalue weighted by Gasteiger charge is 2.32. The van der Waals surface area contributed by atoms with Crippen LogP contribution in [0.15, 0.2) is 59.5 Å². The Morgan fingerprint density at radius 1 is 1.03 bits per heavy atom. The van der Waals surface area contributed by atoms with Gasteiger partial charge in [0.1, 0.15) is 6.61 Å². The molecule has 0 radical (unpaired) electrons. The van der Waals surface area contributed by atoms with E-state index in [1.54, 1.807) is 54.6 Å².